The van der Waals surface area contributed by atoms with Gasteiger partial charge in [0.1, 0.15) is 0 Å². The Hall–Kier alpha value is -0.520. The monoisotopic (exact) mass is 196 g/mol. The lowest BCUT2D eigenvalue weighted by Gasteiger charge is -2.13. The predicted molar refractivity (Wildman–Crippen MR) is 68.6 cm³/mol. The molecule has 0 aliphatic carbocycles. The van der Waals surface area contributed by atoms with Gasteiger partial charge in [-0.3, -0.25) is 0 Å². The largest absolute Gasteiger partial charge is 0.103 e. The Bertz CT molecular complexity index is 133. The van der Waals surface area contributed by atoms with Crippen molar-refractivity contribution in [2.45, 2.75) is 59.8 Å². The van der Waals surface area contributed by atoms with Gasteiger partial charge in [0.2, 0.25) is 0 Å². The summed E-state index contributed by atoms with van der Waals surface area (Å²) in [5, 5.41) is 0. The standard InChI is InChI=1S/C11H22.C3H6/c1-5-7-8-11(6-2)9-10(3)4;1-3-2/h11H,3,5-9H2,1-2,4H3;3H,1H2,2H3. The number of hydrogen-bond acceptors (Lipinski definition) is 0. The molecule has 14 heavy (non-hydrogen) atoms. The summed E-state index contributed by atoms with van der Waals surface area (Å²) in [5.74, 6) is 0.896. The highest BCUT2D eigenvalue weighted by Gasteiger charge is 2.04. The van der Waals surface area contributed by atoms with Gasteiger partial charge in [0.25, 0.3) is 0 Å². The average Bonchev–Trinajstić information content (AvgIpc) is 2.13. The Labute approximate surface area is 91.1 Å². The lowest BCUT2D eigenvalue weighted by Crippen LogP contribution is -1.98. The number of allylic oxidation sites excluding steroid dienone is 2. The highest BCUT2D eigenvalue weighted by Crippen LogP contribution is 2.19. The number of rotatable bonds is 6. The van der Waals surface area contributed by atoms with E-state index in [2.05, 4.69) is 33.9 Å². The second kappa shape index (κ2) is 12.5. The first-order valence-electron chi connectivity index (χ1n) is 5.83. The molecule has 0 saturated heterocycles. The molecule has 0 nitrogen and oxygen atoms in total. The van der Waals surface area contributed by atoms with Crippen LogP contribution in [0.25, 0.3) is 0 Å². The molecular weight excluding hydrogens is 168 g/mol. The van der Waals surface area contributed by atoms with Crippen molar-refractivity contribution in [2.24, 2.45) is 5.92 Å². The van der Waals surface area contributed by atoms with E-state index in [9.17, 15) is 0 Å². The van der Waals surface area contributed by atoms with Crippen molar-refractivity contribution in [1.29, 1.82) is 0 Å². The SMILES string of the molecule is C=C(C)CC(CC)CCCC.C=CC. The van der Waals surface area contributed by atoms with Crippen molar-refractivity contribution in [3.8, 4) is 0 Å². The molecule has 0 radical (unpaired) electrons. The lowest BCUT2D eigenvalue weighted by atomic mass is 9.93. The highest BCUT2D eigenvalue weighted by atomic mass is 14.1. The fourth-order valence-electron chi connectivity index (χ4n) is 1.44. The van der Waals surface area contributed by atoms with E-state index in [0.717, 1.165) is 5.92 Å². The Morgan fingerprint density at radius 2 is 1.86 bits per heavy atom. The average molecular weight is 196 g/mol. The molecule has 1 unspecified atom stereocenters. The normalized spacial score (nSPS) is 11.1. The molecule has 0 spiro atoms. The van der Waals surface area contributed by atoms with Crippen LogP contribution in [-0.2, 0) is 0 Å². The van der Waals surface area contributed by atoms with E-state index in [1.54, 1.807) is 6.08 Å². The smallest absolute Gasteiger partial charge is 0.0297 e. The van der Waals surface area contributed by atoms with Gasteiger partial charge in [-0.15, -0.1) is 13.2 Å². The van der Waals surface area contributed by atoms with Crippen molar-refractivity contribution in [2.75, 3.05) is 0 Å². The van der Waals surface area contributed by atoms with Crippen molar-refractivity contribution in [3.63, 3.8) is 0 Å². The minimum absolute atomic E-state index is 0.896. The van der Waals surface area contributed by atoms with Crippen LogP contribution in [0.15, 0.2) is 24.8 Å². The Morgan fingerprint density at radius 3 is 2.14 bits per heavy atom. The van der Waals surface area contributed by atoms with E-state index in [4.69, 9.17) is 0 Å². The molecular formula is C14H28. The predicted octanol–water partition coefficient (Wildman–Crippen LogP) is 5.36. The molecule has 0 heterocycles. The van der Waals surface area contributed by atoms with E-state index >= 15 is 0 Å². The molecule has 0 rings (SSSR count). The summed E-state index contributed by atoms with van der Waals surface area (Å²) in [7, 11) is 0. The maximum absolute atomic E-state index is 3.95. The van der Waals surface area contributed by atoms with Crippen LogP contribution in [0.5, 0.6) is 0 Å². The Balaban J connectivity index is 0. The fraction of sp³-hybridized carbons (Fsp3) is 0.714. The molecule has 0 aromatic carbocycles. The van der Waals surface area contributed by atoms with Crippen molar-refractivity contribution < 1.29 is 0 Å². The van der Waals surface area contributed by atoms with Crippen molar-refractivity contribution in [3.05, 3.63) is 24.8 Å². The van der Waals surface area contributed by atoms with E-state index in [1.165, 1.54) is 37.7 Å². The van der Waals surface area contributed by atoms with E-state index in [-0.39, 0.29) is 0 Å². The molecule has 0 fully saturated rings. The summed E-state index contributed by atoms with van der Waals surface area (Å²) in [4.78, 5) is 0. The third-order valence-electron chi connectivity index (χ3n) is 2.18. The van der Waals surface area contributed by atoms with Crippen LogP contribution in [0.4, 0.5) is 0 Å². The van der Waals surface area contributed by atoms with Gasteiger partial charge in [0.05, 0.1) is 0 Å². The lowest BCUT2D eigenvalue weighted by molar-refractivity contribution is 0.448. The second-order valence-electron chi connectivity index (χ2n) is 3.99. The number of unbranched alkanes of at least 4 members (excludes halogenated alkanes) is 1. The zero-order chi connectivity index (χ0) is 11.4. The molecule has 0 N–H and O–H groups in total. The summed E-state index contributed by atoms with van der Waals surface area (Å²) in [6.45, 7) is 15.9. The van der Waals surface area contributed by atoms with Gasteiger partial charge < -0.3 is 0 Å². The zero-order valence-electron chi connectivity index (χ0n) is 10.6. The molecule has 0 bridgehead atoms. The molecule has 0 aliphatic rings. The molecule has 1 atom stereocenters. The van der Waals surface area contributed by atoms with Crippen LogP contribution in [-0.4, -0.2) is 0 Å². The molecule has 84 valence electrons. The maximum atomic E-state index is 3.95. The van der Waals surface area contributed by atoms with E-state index < -0.39 is 0 Å². The molecule has 0 heteroatoms. The molecule has 0 aromatic heterocycles. The number of hydrogen-bond donors (Lipinski definition) is 0. The van der Waals surface area contributed by atoms with Gasteiger partial charge in [0.15, 0.2) is 0 Å². The minimum atomic E-state index is 0.896. The Morgan fingerprint density at radius 1 is 1.36 bits per heavy atom. The van der Waals surface area contributed by atoms with Gasteiger partial charge in [0, 0.05) is 0 Å². The summed E-state index contributed by atoms with van der Waals surface area (Å²) in [6, 6.07) is 0. The van der Waals surface area contributed by atoms with Crippen LogP contribution in [0.3, 0.4) is 0 Å². The topological polar surface area (TPSA) is 0 Å². The van der Waals surface area contributed by atoms with Crippen LogP contribution >= 0.6 is 0 Å². The second-order valence-corrected chi connectivity index (χ2v) is 3.99. The third kappa shape index (κ3) is 14.0. The maximum Gasteiger partial charge on any atom is -0.0297 e. The minimum Gasteiger partial charge on any atom is -0.103 e. The summed E-state index contributed by atoms with van der Waals surface area (Å²) >= 11 is 0. The molecule has 0 saturated carbocycles. The van der Waals surface area contributed by atoms with E-state index in [0.29, 0.717) is 0 Å². The van der Waals surface area contributed by atoms with Gasteiger partial charge in [-0.1, -0.05) is 51.2 Å². The highest BCUT2D eigenvalue weighted by molar-refractivity contribution is 4.89. The summed E-state index contributed by atoms with van der Waals surface area (Å²) in [6.07, 6.45) is 8.39. The van der Waals surface area contributed by atoms with Gasteiger partial charge >= 0.3 is 0 Å². The fourth-order valence-corrected chi connectivity index (χ4v) is 1.44. The molecule has 0 aliphatic heterocycles. The van der Waals surface area contributed by atoms with Crippen LogP contribution in [0.2, 0.25) is 0 Å². The third-order valence-corrected chi connectivity index (χ3v) is 2.18. The Kier molecular flexibility index (Phi) is 14.2. The van der Waals surface area contributed by atoms with Crippen molar-refractivity contribution in [1.82, 2.24) is 0 Å². The summed E-state index contributed by atoms with van der Waals surface area (Å²) < 4.78 is 0. The van der Waals surface area contributed by atoms with E-state index in [1.807, 2.05) is 6.92 Å². The van der Waals surface area contributed by atoms with Gasteiger partial charge in [-0.05, 0) is 26.2 Å². The molecule has 0 aromatic rings. The van der Waals surface area contributed by atoms with Gasteiger partial charge in [-0.2, -0.15) is 0 Å². The first kappa shape index (κ1) is 15.9. The van der Waals surface area contributed by atoms with Gasteiger partial charge in [-0.25, -0.2) is 0 Å². The quantitative estimate of drug-likeness (QED) is 0.502. The first-order valence-corrected chi connectivity index (χ1v) is 5.83. The zero-order valence-corrected chi connectivity index (χ0v) is 10.6. The van der Waals surface area contributed by atoms with Crippen molar-refractivity contribution >= 4 is 0 Å². The van der Waals surface area contributed by atoms with Crippen LogP contribution in [0.1, 0.15) is 59.8 Å². The first-order chi connectivity index (χ1) is 6.62. The van der Waals surface area contributed by atoms with Crippen LogP contribution in [0, 0.1) is 5.92 Å². The summed E-state index contributed by atoms with van der Waals surface area (Å²) in [5.41, 5.74) is 1.34. The molecule has 0 amide bonds. The van der Waals surface area contributed by atoms with Crippen LogP contribution < -0.4 is 0 Å².